The molecule has 1 heterocycles. The van der Waals surface area contributed by atoms with Gasteiger partial charge in [0, 0.05) is 11.3 Å². The Morgan fingerprint density at radius 2 is 2.11 bits per heavy atom. The number of hydrogen-bond acceptors (Lipinski definition) is 5. The minimum absolute atomic E-state index is 0.252. The fraction of sp³-hybridized carbons (Fsp3) is 0.143. The van der Waals surface area contributed by atoms with Crippen LogP contribution in [0.25, 0.3) is 11.3 Å². The Kier molecular flexibility index (Phi) is 3.53. The first kappa shape index (κ1) is 12.7. The van der Waals surface area contributed by atoms with Crippen molar-refractivity contribution in [3.8, 4) is 23.2 Å². The van der Waals surface area contributed by atoms with Gasteiger partial charge in [-0.3, -0.25) is 0 Å². The molecule has 0 unspecified atom stereocenters. The molecule has 96 valence electrons. The van der Waals surface area contributed by atoms with Crippen LogP contribution in [0, 0.1) is 11.3 Å². The second kappa shape index (κ2) is 5.27. The molecule has 0 bridgehead atoms. The number of nitrogens with two attached hydrogens (primary N) is 2. The molecular formula is C14H14N4O. The van der Waals surface area contributed by atoms with Crippen LogP contribution in [0.5, 0.6) is 5.88 Å². The standard InChI is InChI=1S/C14H14N4O/c1-2-19-14-11(8-15)12(17)7-13(18-14)9-4-3-5-10(16)6-9/h3-7H,2,16H2,1H3,(H2,17,18). The lowest BCUT2D eigenvalue weighted by Crippen LogP contribution is -2.02. The van der Waals surface area contributed by atoms with Crippen LogP contribution in [0.3, 0.4) is 0 Å². The number of nitrogen functional groups attached to an aromatic ring is 2. The van der Waals surface area contributed by atoms with Crippen molar-refractivity contribution in [3.05, 3.63) is 35.9 Å². The summed E-state index contributed by atoms with van der Waals surface area (Å²) in [6, 6.07) is 10.9. The molecule has 19 heavy (non-hydrogen) atoms. The predicted molar refractivity (Wildman–Crippen MR) is 74.4 cm³/mol. The summed E-state index contributed by atoms with van der Waals surface area (Å²) >= 11 is 0. The summed E-state index contributed by atoms with van der Waals surface area (Å²) in [5.74, 6) is 0.252. The van der Waals surface area contributed by atoms with E-state index >= 15 is 0 Å². The number of nitrogens with zero attached hydrogens (tertiary/aromatic N) is 2. The topological polar surface area (TPSA) is 97.9 Å². The minimum Gasteiger partial charge on any atom is -0.477 e. The van der Waals surface area contributed by atoms with Crippen LogP contribution in [0.4, 0.5) is 11.4 Å². The molecule has 0 atom stereocenters. The third-order valence-electron chi connectivity index (χ3n) is 2.59. The first-order chi connectivity index (χ1) is 9.15. The normalized spacial score (nSPS) is 9.89. The maximum absolute atomic E-state index is 9.06. The van der Waals surface area contributed by atoms with Gasteiger partial charge in [-0.2, -0.15) is 5.26 Å². The fourth-order valence-electron chi connectivity index (χ4n) is 1.74. The van der Waals surface area contributed by atoms with Gasteiger partial charge in [-0.15, -0.1) is 0 Å². The van der Waals surface area contributed by atoms with Gasteiger partial charge in [-0.1, -0.05) is 12.1 Å². The quantitative estimate of drug-likeness (QED) is 0.818. The zero-order chi connectivity index (χ0) is 13.8. The van der Waals surface area contributed by atoms with Gasteiger partial charge in [0.05, 0.1) is 18.0 Å². The minimum atomic E-state index is 0.252. The van der Waals surface area contributed by atoms with E-state index < -0.39 is 0 Å². The summed E-state index contributed by atoms with van der Waals surface area (Å²) in [4.78, 5) is 4.33. The van der Waals surface area contributed by atoms with Crippen molar-refractivity contribution in [1.82, 2.24) is 4.98 Å². The molecule has 0 amide bonds. The lowest BCUT2D eigenvalue weighted by atomic mass is 10.1. The first-order valence-electron chi connectivity index (χ1n) is 5.85. The summed E-state index contributed by atoms with van der Waals surface area (Å²) in [5, 5.41) is 9.06. The summed E-state index contributed by atoms with van der Waals surface area (Å²) in [6.07, 6.45) is 0. The number of rotatable bonds is 3. The molecule has 2 rings (SSSR count). The Morgan fingerprint density at radius 3 is 2.74 bits per heavy atom. The molecule has 0 saturated carbocycles. The predicted octanol–water partition coefficient (Wildman–Crippen LogP) is 2.18. The van der Waals surface area contributed by atoms with Gasteiger partial charge in [-0.05, 0) is 25.1 Å². The highest BCUT2D eigenvalue weighted by Gasteiger charge is 2.12. The van der Waals surface area contributed by atoms with Crippen LogP contribution in [-0.2, 0) is 0 Å². The molecule has 0 spiro atoms. The lowest BCUT2D eigenvalue weighted by Gasteiger charge is -2.10. The monoisotopic (exact) mass is 254 g/mol. The number of aromatic nitrogens is 1. The van der Waals surface area contributed by atoms with E-state index in [4.69, 9.17) is 21.5 Å². The van der Waals surface area contributed by atoms with Gasteiger partial charge in [0.2, 0.25) is 5.88 Å². The Bertz CT molecular complexity index is 646. The van der Waals surface area contributed by atoms with Crippen LogP contribution in [-0.4, -0.2) is 11.6 Å². The fourth-order valence-corrected chi connectivity index (χ4v) is 1.74. The maximum Gasteiger partial charge on any atom is 0.234 e. The highest BCUT2D eigenvalue weighted by Crippen LogP contribution is 2.28. The van der Waals surface area contributed by atoms with E-state index in [1.165, 1.54) is 0 Å². The van der Waals surface area contributed by atoms with Gasteiger partial charge in [0.25, 0.3) is 0 Å². The van der Waals surface area contributed by atoms with Gasteiger partial charge in [0.15, 0.2) is 0 Å². The van der Waals surface area contributed by atoms with Crippen molar-refractivity contribution in [2.75, 3.05) is 18.1 Å². The van der Waals surface area contributed by atoms with E-state index in [2.05, 4.69) is 4.98 Å². The summed E-state index contributed by atoms with van der Waals surface area (Å²) < 4.78 is 5.36. The number of hydrogen-bond donors (Lipinski definition) is 2. The Balaban J connectivity index is 2.57. The Labute approximate surface area is 111 Å². The van der Waals surface area contributed by atoms with Gasteiger partial charge in [-0.25, -0.2) is 4.98 Å². The summed E-state index contributed by atoms with van der Waals surface area (Å²) in [6.45, 7) is 2.24. The van der Waals surface area contributed by atoms with Crippen LogP contribution in [0.2, 0.25) is 0 Å². The van der Waals surface area contributed by atoms with E-state index in [1.54, 1.807) is 18.2 Å². The van der Waals surface area contributed by atoms with Gasteiger partial charge >= 0.3 is 0 Å². The maximum atomic E-state index is 9.06. The Hall–Kier alpha value is -2.74. The van der Waals surface area contributed by atoms with E-state index in [0.717, 1.165) is 5.56 Å². The molecule has 0 saturated heterocycles. The number of anilines is 2. The van der Waals surface area contributed by atoms with E-state index in [0.29, 0.717) is 23.7 Å². The van der Waals surface area contributed by atoms with Crippen molar-refractivity contribution >= 4 is 11.4 Å². The number of ether oxygens (including phenoxy) is 1. The molecule has 5 heteroatoms. The zero-order valence-electron chi connectivity index (χ0n) is 10.6. The molecule has 4 N–H and O–H groups in total. The highest BCUT2D eigenvalue weighted by molar-refractivity contribution is 5.71. The van der Waals surface area contributed by atoms with E-state index in [9.17, 15) is 0 Å². The zero-order valence-corrected chi connectivity index (χ0v) is 10.6. The van der Waals surface area contributed by atoms with Crippen LogP contribution in [0.1, 0.15) is 12.5 Å². The summed E-state index contributed by atoms with van der Waals surface area (Å²) in [7, 11) is 0. The lowest BCUT2D eigenvalue weighted by molar-refractivity contribution is 0.326. The molecule has 5 nitrogen and oxygen atoms in total. The first-order valence-corrected chi connectivity index (χ1v) is 5.85. The Morgan fingerprint density at radius 1 is 1.32 bits per heavy atom. The van der Waals surface area contributed by atoms with Crippen molar-refractivity contribution in [3.63, 3.8) is 0 Å². The number of nitriles is 1. The molecule has 2 aromatic rings. The van der Waals surface area contributed by atoms with E-state index in [1.807, 2.05) is 25.1 Å². The average molecular weight is 254 g/mol. The molecule has 0 fully saturated rings. The van der Waals surface area contributed by atoms with Crippen molar-refractivity contribution < 1.29 is 4.74 Å². The van der Waals surface area contributed by atoms with E-state index in [-0.39, 0.29) is 11.4 Å². The third-order valence-corrected chi connectivity index (χ3v) is 2.59. The van der Waals surface area contributed by atoms with Crippen LogP contribution in [0.15, 0.2) is 30.3 Å². The van der Waals surface area contributed by atoms with Crippen molar-refractivity contribution in [2.24, 2.45) is 0 Å². The van der Waals surface area contributed by atoms with Crippen molar-refractivity contribution in [2.45, 2.75) is 6.92 Å². The summed E-state index contributed by atoms with van der Waals surface area (Å²) in [5.41, 5.74) is 14.3. The molecule has 1 aromatic heterocycles. The number of benzene rings is 1. The van der Waals surface area contributed by atoms with Gasteiger partial charge in [0.1, 0.15) is 11.6 Å². The second-order valence-corrected chi connectivity index (χ2v) is 3.95. The third kappa shape index (κ3) is 2.58. The van der Waals surface area contributed by atoms with Crippen LogP contribution >= 0.6 is 0 Å². The molecule has 1 aromatic carbocycles. The SMILES string of the molecule is CCOc1nc(-c2cccc(N)c2)cc(N)c1C#N. The molecule has 0 radical (unpaired) electrons. The largest absolute Gasteiger partial charge is 0.477 e. The molecule has 0 aliphatic carbocycles. The average Bonchev–Trinajstić information content (AvgIpc) is 2.39. The smallest absolute Gasteiger partial charge is 0.234 e. The van der Waals surface area contributed by atoms with Gasteiger partial charge < -0.3 is 16.2 Å². The van der Waals surface area contributed by atoms with Crippen molar-refractivity contribution in [1.29, 1.82) is 5.26 Å². The van der Waals surface area contributed by atoms with Crippen LogP contribution < -0.4 is 16.2 Å². The second-order valence-electron chi connectivity index (χ2n) is 3.95. The molecule has 0 aliphatic rings. The molecular weight excluding hydrogens is 240 g/mol. The molecule has 0 aliphatic heterocycles. The highest BCUT2D eigenvalue weighted by atomic mass is 16.5. The number of pyridine rings is 1.